The van der Waals surface area contributed by atoms with E-state index < -0.39 is 0 Å². The Labute approximate surface area is 211 Å². The predicted molar refractivity (Wildman–Crippen MR) is 144 cm³/mol. The molecule has 2 aromatic heterocycles. The van der Waals surface area contributed by atoms with Crippen molar-refractivity contribution in [2.45, 2.75) is 72.5 Å². The third-order valence-corrected chi connectivity index (χ3v) is 9.23. The highest BCUT2D eigenvalue weighted by atomic mass is 32.2. The number of aryl methyl sites for hydroxylation is 4. The first-order chi connectivity index (χ1) is 16.1. The van der Waals surface area contributed by atoms with Gasteiger partial charge in [0, 0.05) is 17.0 Å². The lowest BCUT2D eigenvalue weighted by Gasteiger charge is -2.33. The highest BCUT2D eigenvalue weighted by Gasteiger charge is 2.30. The van der Waals surface area contributed by atoms with Crippen LogP contribution in [0.4, 0.5) is 0 Å². The summed E-state index contributed by atoms with van der Waals surface area (Å²) in [4.78, 5) is 15.6. The fourth-order valence-corrected chi connectivity index (χ4v) is 6.75. The Balaban J connectivity index is 1.55. The number of ketones is 1. The van der Waals surface area contributed by atoms with Gasteiger partial charge in [-0.3, -0.25) is 9.36 Å². The first-order valence-electron chi connectivity index (χ1n) is 12.0. The summed E-state index contributed by atoms with van der Waals surface area (Å²) >= 11 is 3.31. The molecule has 0 saturated carbocycles. The molecular weight excluding hydrogens is 458 g/mol. The molecule has 3 aromatic rings. The minimum absolute atomic E-state index is 0.125. The number of thioether (sulfide) groups is 1. The molecule has 6 heteroatoms. The van der Waals surface area contributed by atoms with Gasteiger partial charge in [0.25, 0.3) is 0 Å². The number of thiophene rings is 1. The van der Waals surface area contributed by atoms with Crippen LogP contribution in [0.3, 0.4) is 0 Å². The number of allylic oxidation sites excluding steroid dienone is 1. The van der Waals surface area contributed by atoms with Crippen LogP contribution in [-0.2, 0) is 19.4 Å². The second-order valence-corrected chi connectivity index (χ2v) is 12.6. The molecular formula is C28H35N3OS2. The van der Waals surface area contributed by atoms with Gasteiger partial charge in [0.15, 0.2) is 16.8 Å². The van der Waals surface area contributed by atoms with E-state index in [9.17, 15) is 4.79 Å². The average molecular weight is 494 g/mol. The van der Waals surface area contributed by atoms with Crippen LogP contribution >= 0.6 is 23.1 Å². The Kier molecular flexibility index (Phi) is 7.20. The molecule has 0 bridgehead atoms. The molecule has 34 heavy (non-hydrogen) atoms. The van der Waals surface area contributed by atoms with E-state index in [1.807, 2.05) is 30.4 Å². The molecule has 0 amide bonds. The van der Waals surface area contributed by atoms with Gasteiger partial charge in [-0.25, -0.2) is 0 Å². The molecule has 0 N–H and O–H groups in total. The maximum absolute atomic E-state index is 13.0. The van der Waals surface area contributed by atoms with Gasteiger partial charge in [-0.15, -0.1) is 28.1 Å². The number of Topliss-reactive ketones (excluding diaryl/α,β-unsaturated/α-hetero) is 1. The zero-order valence-corrected chi connectivity index (χ0v) is 22.8. The summed E-state index contributed by atoms with van der Waals surface area (Å²) in [5.41, 5.74) is 5.97. The lowest BCUT2D eigenvalue weighted by atomic mass is 9.72. The van der Waals surface area contributed by atoms with Crippen molar-refractivity contribution in [1.82, 2.24) is 14.8 Å². The van der Waals surface area contributed by atoms with Gasteiger partial charge >= 0.3 is 0 Å². The van der Waals surface area contributed by atoms with Crippen LogP contribution in [0.2, 0.25) is 0 Å². The van der Waals surface area contributed by atoms with Crippen molar-refractivity contribution in [3.63, 3.8) is 0 Å². The number of carbonyl (C=O) groups is 1. The van der Waals surface area contributed by atoms with Gasteiger partial charge in [-0.05, 0) is 85.8 Å². The number of benzene rings is 1. The van der Waals surface area contributed by atoms with Crippen LogP contribution in [0.5, 0.6) is 0 Å². The smallest absolute Gasteiger partial charge is 0.192 e. The first-order valence-corrected chi connectivity index (χ1v) is 13.8. The van der Waals surface area contributed by atoms with Crippen molar-refractivity contribution < 1.29 is 4.79 Å². The summed E-state index contributed by atoms with van der Waals surface area (Å²) in [6.45, 7) is 17.7. The van der Waals surface area contributed by atoms with Crippen molar-refractivity contribution in [3.8, 4) is 10.7 Å². The van der Waals surface area contributed by atoms with Crippen molar-refractivity contribution >= 4 is 28.9 Å². The molecule has 2 heterocycles. The van der Waals surface area contributed by atoms with Crippen LogP contribution in [0.15, 0.2) is 36.0 Å². The molecule has 0 fully saturated rings. The topological polar surface area (TPSA) is 47.8 Å². The Morgan fingerprint density at radius 3 is 2.62 bits per heavy atom. The first kappa shape index (κ1) is 24.9. The summed E-state index contributed by atoms with van der Waals surface area (Å²) in [7, 11) is 0. The fraction of sp³-hybridized carbons (Fsp3) is 0.464. The van der Waals surface area contributed by atoms with Gasteiger partial charge in [-0.1, -0.05) is 44.7 Å². The maximum atomic E-state index is 13.0. The van der Waals surface area contributed by atoms with E-state index in [-0.39, 0.29) is 5.78 Å². The Hall–Kier alpha value is -2.18. The highest BCUT2D eigenvalue weighted by molar-refractivity contribution is 7.99. The molecule has 0 saturated heterocycles. The number of hydrogen-bond donors (Lipinski definition) is 0. The van der Waals surface area contributed by atoms with Crippen molar-refractivity contribution in [2.75, 3.05) is 5.75 Å². The number of nitrogens with zero attached hydrogens (tertiary/aromatic N) is 3. The zero-order valence-electron chi connectivity index (χ0n) is 21.2. The zero-order chi connectivity index (χ0) is 24.6. The normalized spacial score (nSPS) is 15.9. The summed E-state index contributed by atoms with van der Waals surface area (Å²) in [6, 6.07) is 6.42. The van der Waals surface area contributed by atoms with Crippen molar-refractivity contribution in [2.24, 2.45) is 11.3 Å². The van der Waals surface area contributed by atoms with Gasteiger partial charge in [0.05, 0.1) is 10.6 Å². The molecule has 1 unspecified atom stereocenters. The number of fused-ring (bicyclic) bond motifs is 1. The molecule has 1 aliphatic rings. The molecule has 1 aromatic carbocycles. The lowest BCUT2D eigenvalue weighted by molar-refractivity contribution is 0.102. The third kappa shape index (κ3) is 5.08. The second kappa shape index (κ2) is 9.82. The molecule has 4 nitrogen and oxygen atoms in total. The molecule has 4 rings (SSSR count). The van der Waals surface area contributed by atoms with E-state index in [0.717, 1.165) is 45.4 Å². The molecule has 0 aliphatic heterocycles. The Morgan fingerprint density at radius 1 is 1.18 bits per heavy atom. The van der Waals surface area contributed by atoms with Crippen LogP contribution in [0.25, 0.3) is 10.7 Å². The van der Waals surface area contributed by atoms with Gasteiger partial charge in [-0.2, -0.15) is 0 Å². The Bertz CT molecular complexity index is 1230. The lowest BCUT2D eigenvalue weighted by Crippen LogP contribution is -2.26. The average Bonchev–Trinajstić information content (AvgIpc) is 3.37. The number of carbonyl (C=O) groups excluding carboxylic acids is 1. The molecule has 0 radical (unpaired) electrons. The largest absolute Gasteiger partial charge is 0.297 e. The summed E-state index contributed by atoms with van der Waals surface area (Å²) in [6.07, 6.45) is 5.39. The minimum atomic E-state index is 0.125. The standard InChI is InChI=1S/C28H35N3OS2/c1-8-11-31-26(25-15-20-14-21(28(5,6)7)9-10-24(20)34-25)29-30-27(31)33-16-23(32)22-13-18(3)17(2)12-19(22)4/h8,12-13,15,21H,1,9-11,14,16H2,2-7H3. The number of hydrogen-bond acceptors (Lipinski definition) is 5. The van der Waals surface area contributed by atoms with E-state index in [1.165, 1.54) is 34.2 Å². The fourth-order valence-electron chi connectivity index (χ4n) is 4.71. The van der Waals surface area contributed by atoms with Crippen LogP contribution < -0.4 is 0 Å². The van der Waals surface area contributed by atoms with Crippen molar-refractivity contribution in [1.29, 1.82) is 0 Å². The number of rotatable bonds is 7. The minimum Gasteiger partial charge on any atom is -0.297 e. The number of aromatic nitrogens is 3. The summed E-state index contributed by atoms with van der Waals surface area (Å²) in [5.74, 6) is 2.05. The Morgan fingerprint density at radius 2 is 1.91 bits per heavy atom. The van der Waals surface area contributed by atoms with Gasteiger partial charge < -0.3 is 0 Å². The quantitative estimate of drug-likeness (QED) is 0.198. The van der Waals surface area contributed by atoms with E-state index in [0.29, 0.717) is 23.6 Å². The van der Waals surface area contributed by atoms with E-state index in [2.05, 4.69) is 68.1 Å². The summed E-state index contributed by atoms with van der Waals surface area (Å²) < 4.78 is 2.09. The van der Waals surface area contributed by atoms with Gasteiger partial charge in [0.2, 0.25) is 0 Å². The molecule has 1 atom stereocenters. The second-order valence-electron chi connectivity index (χ2n) is 10.5. The van der Waals surface area contributed by atoms with Crippen LogP contribution in [0.1, 0.15) is 64.7 Å². The van der Waals surface area contributed by atoms with Gasteiger partial charge in [0.1, 0.15) is 0 Å². The highest BCUT2D eigenvalue weighted by Crippen LogP contribution is 2.42. The van der Waals surface area contributed by atoms with E-state index >= 15 is 0 Å². The van der Waals surface area contributed by atoms with Crippen LogP contribution in [0, 0.1) is 32.1 Å². The van der Waals surface area contributed by atoms with Crippen molar-refractivity contribution in [3.05, 3.63) is 63.5 Å². The molecule has 1 aliphatic carbocycles. The van der Waals surface area contributed by atoms with E-state index in [1.54, 1.807) is 0 Å². The third-order valence-electron chi connectivity index (χ3n) is 7.03. The molecule has 0 spiro atoms. The van der Waals surface area contributed by atoms with Crippen LogP contribution in [-0.4, -0.2) is 26.3 Å². The summed E-state index contributed by atoms with van der Waals surface area (Å²) in [5, 5.41) is 9.79. The SMILES string of the molecule is C=CCn1c(SCC(=O)c2cc(C)c(C)cc2C)nnc1-c1cc2c(s1)CCC(C(C)(C)C)C2. The van der Waals surface area contributed by atoms with E-state index in [4.69, 9.17) is 0 Å². The monoisotopic (exact) mass is 493 g/mol. The molecule has 180 valence electrons. The maximum Gasteiger partial charge on any atom is 0.192 e. The predicted octanol–water partition coefficient (Wildman–Crippen LogP) is 7.24.